The lowest BCUT2D eigenvalue weighted by molar-refractivity contribution is 0.102. The molecule has 0 bridgehead atoms. The highest BCUT2D eigenvalue weighted by atomic mass is 35.5. The molecule has 1 aromatic carbocycles. The number of imidazole rings is 1. The molecule has 0 aliphatic rings. The molecular formula is C18H11Cl2N3O2. The van der Waals surface area contributed by atoms with Crippen LogP contribution in [0.3, 0.4) is 0 Å². The lowest BCUT2D eigenvalue weighted by atomic mass is 10.2. The van der Waals surface area contributed by atoms with E-state index in [1.54, 1.807) is 34.9 Å². The van der Waals surface area contributed by atoms with E-state index in [0.717, 1.165) is 0 Å². The van der Waals surface area contributed by atoms with Crippen LogP contribution in [0.5, 0.6) is 0 Å². The number of aromatic nitrogens is 2. The summed E-state index contributed by atoms with van der Waals surface area (Å²) in [5, 5.41) is 3.60. The Kier molecular flexibility index (Phi) is 3.95. The van der Waals surface area contributed by atoms with Crippen molar-refractivity contribution in [3.63, 3.8) is 0 Å². The van der Waals surface area contributed by atoms with E-state index in [1.165, 1.54) is 6.07 Å². The molecule has 0 aliphatic carbocycles. The number of carbonyl (C=O) groups is 1. The summed E-state index contributed by atoms with van der Waals surface area (Å²) in [5.41, 5.74) is 1.63. The summed E-state index contributed by atoms with van der Waals surface area (Å²) in [6.07, 6.45) is 3.38. The zero-order valence-corrected chi connectivity index (χ0v) is 14.3. The first-order valence-corrected chi connectivity index (χ1v) is 8.16. The molecule has 0 saturated heterocycles. The maximum atomic E-state index is 12.7. The third-order valence-electron chi connectivity index (χ3n) is 3.70. The fraction of sp³-hybridized carbons (Fsp3) is 0. The number of nitrogens with zero attached hydrogens (tertiary/aromatic N) is 2. The van der Waals surface area contributed by atoms with Crippen LogP contribution in [0.2, 0.25) is 10.0 Å². The van der Waals surface area contributed by atoms with E-state index in [9.17, 15) is 4.79 Å². The Labute approximate surface area is 152 Å². The molecule has 0 unspecified atom stereocenters. The molecule has 4 rings (SSSR count). The van der Waals surface area contributed by atoms with Gasteiger partial charge in [0.1, 0.15) is 17.2 Å². The molecule has 0 fully saturated rings. The van der Waals surface area contributed by atoms with Crippen LogP contribution in [0.15, 0.2) is 65.4 Å². The van der Waals surface area contributed by atoms with Crippen molar-refractivity contribution < 1.29 is 9.21 Å². The maximum Gasteiger partial charge on any atom is 0.256 e. The molecule has 25 heavy (non-hydrogen) atoms. The van der Waals surface area contributed by atoms with E-state index in [4.69, 9.17) is 27.6 Å². The first kappa shape index (κ1) is 15.7. The highest BCUT2D eigenvalue weighted by Crippen LogP contribution is 2.30. The highest BCUT2D eigenvalue weighted by Gasteiger charge is 2.19. The summed E-state index contributed by atoms with van der Waals surface area (Å²) < 4.78 is 7.23. The summed E-state index contributed by atoms with van der Waals surface area (Å²) in [6, 6.07) is 13.9. The van der Waals surface area contributed by atoms with Crippen molar-refractivity contribution in [3.8, 4) is 11.5 Å². The molecule has 1 N–H and O–H groups in total. The van der Waals surface area contributed by atoms with Gasteiger partial charge in [0.25, 0.3) is 5.91 Å². The van der Waals surface area contributed by atoms with Crippen LogP contribution in [0.25, 0.3) is 17.1 Å². The molecule has 0 saturated carbocycles. The zero-order valence-electron chi connectivity index (χ0n) is 12.7. The Morgan fingerprint density at radius 2 is 1.96 bits per heavy atom. The number of pyridine rings is 1. The van der Waals surface area contributed by atoms with Crippen molar-refractivity contribution in [3.05, 3.63) is 76.6 Å². The van der Waals surface area contributed by atoms with Gasteiger partial charge < -0.3 is 9.73 Å². The molecule has 0 radical (unpaired) electrons. The number of benzene rings is 1. The second-order valence-electron chi connectivity index (χ2n) is 5.30. The Hall–Kier alpha value is -2.76. The average Bonchev–Trinajstić information content (AvgIpc) is 3.25. The smallest absolute Gasteiger partial charge is 0.256 e. The number of anilines is 1. The second-order valence-corrected chi connectivity index (χ2v) is 6.11. The van der Waals surface area contributed by atoms with Crippen molar-refractivity contribution in [2.24, 2.45) is 0 Å². The van der Waals surface area contributed by atoms with Crippen LogP contribution in [0, 0.1) is 0 Å². The van der Waals surface area contributed by atoms with Gasteiger partial charge in [-0.1, -0.05) is 29.3 Å². The van der Waals surface area contributed by atoms with Crippen molar-refractivity contribution in [1.82, 2.24) is 9.38 Å². The van der Waals surface area contributed by atoms with Gasteiger partial charge in [-0.25, -0.2) is 4.98 Å². The predicted molar refractivity (Wildman–Crippen MR) is 97.3 cm³/mol. The molecular weight excluding hydrogens is 361 g/mol. The van der Waals surface area contributed by atoms with Gasteiger partial charge in [-0.15, -0.1) is 0 Å². The van der Waals surface area contributed by atoms with Gasteiger partial charge in [-0.3, -0.25) is 9.20 Å². The summed E-state index contributed by atoms with van der Waals surface area (Å²) in [5.74, 6) is 0.756. The van der Waals surface area contributed by atoms with Gasteiger partial charge in [-0.05, 0) is 42.5 Å². The molecule has 0 atom stereocenters. The van der Waals surface area contributed by atoms with Crippen LogP contribution >= 0.6 is 23.2 Å². The largest absolute Gasteiger partial charge is 0.463 e. The van der Waals surface area contributed by atoms with Gasteiger partial charge in [-0.2, -0.15) is 0 Å². The molecule has 5 nitrogen and oxygen atoms in total. The molecule has 7 heteroatoms. The minimum atomic E-state index is -0.322. The van der Waals surface area contributed by atoms with Crippen molar-refractivity contribution in [2.75, 3.05) is 5.32 Å². The minimum absolute atomic E-state index is 0.318. The summed E-state index contributed by atoms with van der Waals surface area (Å²) in [6.45, 7) is 0. The van der Waals surface area contributed by atoms with E-state index in [2.05, 4.69) is 10.3 Å². The lowest BCUT2D eigenvalue weighted by Crippen LogP contribution is -2.14. The fourth-order valence-electron chi connectivity index (χ4n) is 2.52. The number of hydrogen-bond acceptors (Lipinski definition) is 3. The third-order valence-corrected chi connectivity index (χ3v) is 4.44. The SMILES string of the molecule is O=C(Nc1c(-c2ccco2)nc2ccccn12)c1ccc(Cl)c(Cl)c1. The van der Waals surface area contributed by atoms with Crippen LogP contribution in [0.1, 0.15) is 10.4 Å². The monoisotopic (exact) mass is 371 g/mol. The Balaban J connectivity index is 1.79. The number of rotatable bonds is 3. The normalized spacial score (nSPS) is 11.0. The highest BCUT2D eigenvalue weighted by molar-refractivity contribution is 6.42. The predicted octanol–water partition coefficient (Wildman–Crippen LogP) is 5.15. The zero-order chi connectivity index (χ0) is 17.4. The second kappa shape index (κ2) is 6.27. The third kappa shape index (κ3) is 2.88. The number of carbonyl (C=O) groups excluding carboxylic acids is 1. The average molecular weight is 372 g/mol. The Morgan fingerprint density at radius 3 is 2.72 bits per heavy atom. The quantitative estimate of drug-likeness (QED) is 0.541. The van der Waals surface area contributed by atoms with Crippen LogP contribution < -0.4 is 5.32 Å². The van der Waals surface area contributed by atoms with Gasteiger partial charge >= 0.3 is 0 Å². The molecule has 124 valence electrons. The fourth-order valence-corrected chi connectivity index (χ4v) is 2.82. The molecule has 0 aliphatic heterocycles. The van der Waals surface area contributed by atoms with E-state index in [0.29, 0.717) is 38.5 Å². The van der Waals surface area contributed by atoms with Gasteiger partial charge in [0, 0.05) is 11.8 Å². The van der Waals surface area contributed by atoms with Gasteiger partial charge in [0.15, 0.2) is 5.76 Å². The van der Waals surface area contributed by atoms with Crippen molar-refractivity contribution in [1.29, 1.82) is 0 Å². The van der Waals surface area contributed by atoms with Gasteiger partial charge in [0.2, 0.25) is 0 Å². The van der Waals surface area contributed by atoms with E-state index >= 15 is 0 Å². The van der Waals surface area contributed by atoms with Gasteiger partial charge in [0.05, 0.1) is 16.3 Å². The first-order valence-electron chi connectivity index (χ1n) is 7.41. The van der Waals surface area contributed by atoms with E-state index in [1.807, 2.05) is 24.4 Å². The standard InChI is InChI=1S/C18H11Cl2N3O2/c19-12-7-6-11(10-13(12)20)18(24)22-17-16(14-4-3-9-25-14)21-15-5-1-2-8-23(15)17/h1-10H,(H,22,24). The Morgan fingerprint density at radius 1 is 1.08 bits per heavy atom. The lowest BCUT2D eigenvalue weighted by Gasteiger charge is -2.07. The van der Waals surface area contributed by atoms with Crippen LogP contribution in [-0.4, -0.2) is 15.3 Å². The molecule has 4 aromatic rings. The summed E-state index contributed by atoms with van der Waals surface area (Å²) in [7, 11) is 0. The van der Waals surface area contributed by atoms with Crippen LogP contribution in [-0.2, 0) is 0 Å². The summed E-state index contributed by atoms with van der Waals surface area (Å²) in [4.78, 5) is 17.2. The number of hydrogen-bond donors (Lipinski definition) is 1. The molecule has 1 amide bonds. The number of fused-ring (bicyclic) bond motifs is 1. The van der Waals surface area contributed by atoms with Crippen molar-refractivity contribution in [2.45, 2.75) is 0 Å². The number of amides is 1. The molecule has 0 spiro atoms. The van der Waals surface area contributed by atoms with Crippen LogP contribution in [0.4, 0.5) is 5.82 Å². The summed E-state index contributed by atoms with van der Waals surface area (Å²) >= 11 is 11.9. The number of furan rings is 1. The maximum absolute atomic E-state index is 12.7. The molecule has 3 heterocycles. The van der Waals surface area contributed by atoms with Crippen molar-refractivity contribution >= 4 is 40.6 Å². The van der Waals surface area contributed by atoms with E-state index in [-0.39, 0.29) is 5.91 Å². The molecule has 3 aromatic heterocycles. The Bertz CT molecular complexity index is 1070. The minimum Gasteiger partial charge on any atom is -0.463 e. The first-order chi connectivity index (χ1) is 12.1. The van der Waals surface area contributed by atoms with E-state index < -0.39 is 0 Å². The number of halogens is 2. The number of nitrogens with one attached hydrogen (secondary N) is 1. The topological polar surface area (TPSA) is 59.5 Å².